The monoisotopic (exact) mass is 410 g/mol. The van der Waals surface area contributed by atoms with E-state index in [1.807, 2.05) is 49.4 Å². The smallest absolute Gasteiger partial charge is 0.494 e. The second kappa shape index (κ2) is 9.54. The lowest BCUT2D eigenvalue weighted by molar-refractivity contribution is 0.0706. The van der Waals surface area contributed by atoms with Crippen molar-refractivity contribution in [3.63, 3.8) is 0 Å². The maximum Gasteiger partial charge on any atom is 0.494 e. The Balaban J connectivity index is 1.69. The van der Waals surface area contributed by atoms with Crippen LogP contribution in [0.3, 0.4) is 0 Å². The van der Waals surface area contributed by atoms with E-state index in [-0.39, 0.29) is 11.6 Å². The van der Waals surface area contributed by atoms with Crippen molar-refractivity contribution in [1.29, 1.82) is 0 Å². The molecule has 0 atom stereocenters. The maximum atomic E-state index is 12.8. The lowest BCUT2D eigenvalue weighted by Gasteiger charge is -2.28. The van der Waals surface area contributed by atoms with Gasteiger partial charge in [0.15, 0.2) is 0 Å². The third kappa shape index (κ3) is 5.15. The summed E-state index contributed by atoms with van der Waals surface area (Å²) in [5.41, 5.74) is 3.42. The Morgan fingerprint density at radius 3 is 2.53 bits per heavy atom. The van der Waals surface area contributed by atoms with E-state index in [4.69, 9.17) is 14.0 Å². The van der Waals surface area contributed by atoms with Crippen LogP contribution in [0, 0.1) is 0 Å². The van der Waals surface area contributed by atoms with Crippen molar-refractivity contribution in [3.8, 4) is 5.75 Å². The Kier molecular flexibility index (Phi) is 7.05. The number of amides is 2. The van der Waals surface area contributed by atoms with Crippen LogP contribution in [0.15, 0.2) is 42.5 Å². The molecule has 160 valence electrons. The minimum absolute atomic E-state index is 0.153. The van der Waals surface area contributed by atoms with Gasteiger partial charge in [-0.15, -0.1) is 0 Å². The molecule has 2 amide bonds. The van der Waals surface area contributed by atoms with Gasteiger partial charge in [0.2, 0.25) is 0 Å². The SMILES string of the molecule is CCOB(OC(C)(C)CC)c1ccc(NC(=O)N2CCc3ccc(OC)cc32)cc1. The first-order valence-electron chi connectivity index (χ1n) is 10.5. The number of carbonyl (C=O) groups is 1. The highest BCUT2D eigenvalue weighted by molar-refractivity contribution is 6.61. The van der Waals surface area contributed by atoms with E-state index in [0.29, 0.717) is 13.2 Å². The number of benzene rings is 2. The van der Waals surface area contributed by atoms with Gasteiger partial charge in [-0.1, -0.05) is 25.1 Å². The minimum Gasteiger partial charge on any atom is -0.497 e. The molecule has 1 heterocycles. The van der Waals surface area contributed by atoms with Gasteiger partial charge in [0.05, 0.1) is 12.8 Å². The number of methoxy groups -OCH3 is 1. The molecule has 30 heavy (non-hydrogen) atoms. The first-order chi connectivity index (χ1) is 14.4. The Bertz CT molecular complexity index is 870. The van der Waals surface area contributed by atoms with E-state index in [0.717, 1.165) is 41.0 Å². The zero-order valence-electron chi connectivity index (χ0n) is 18.5. The largest absolute Gasteiger partial charge is 0.497 e. The highest BCUT2D eigenvalue weighted by atomic mass is 16.6. The average Bonchev–Trinajstić information content (AvgIpc) is 3.17. The summed E-state index contributed by atoms with van der Waals surface area (Å²) in [6.07, 6.45) is 1.72. The molecule has 2 aromatic carbocycles. The minimum atomic E-state index is -0.437. The number of hydrogen-bond acceptors (Lipinski definition) is 4. The molecule has 0 fully saturated rings. The predicted molar refractivity (Wildman–Crippen MR) is 122 cm³/mol. The zero-order valence-corrected chi connectivity index (χ0v) is 18.5. The summed E-state index contributed by atoms with van der Waals surface area (Å²) in [4.78, 5) is 14.6. The van der Waals surface area contributed by atoms with Crippen LogP contribution < -0.4 is 20.4 Å². The first-order valence-corrected chi connectivity index (χ1v) is 10.5. The Labute approximate surface area is 179 Å². The number of nitrogens with zero attached hydrogens (tertiary/aromatic N) is 1. The summed E-state index contributed by atoms with van der Waals surface area (Å²) < 4.78 is 17.2. The topological polar surface area (TPSA) is 60.0 Å². The number of hydrogen-bond donors (Lipinski definition) is 1. The molecule has 1 aliphatic heterocycles. The normalized spacial score (nSPS) is 13.2. The number of nitrogens with one attached hydrogen (secondary N) is 1. The Morgan fingerprint density at radius 2 is 1.90 bits per heavy atom. The van der Waals surface area contributed by atoms with E-state index >= 15 is 0 Å². The molecule has 0 spiro atoms. The van der Waals surface area contributed by atoms with Crippen LogP contribution in [0.2, 0.25) is 0 Å². The average molecular weight is 410 g/mol. The van der Waals surface area contributed by atoms with Crippen LogP contribution >= 0.6 is 0 Å². The maximum absolute atomic E-state index is 12.8. The van der Waals surface area contributed by atoms with Crippen LogP contribution in [-0.2, 0) is 15.7 Å². The fraction of sp³-hybridized carbons (Fsp3) is 0.435. The molecule has 3 rings (SSSR count). The fourth-order valence-corrected chi connectivity index (χ4v) is 3.33. The molecule has 0 bridgehead atoms. The van der Waals surface area contributed by atoms with E-state index in [1.54, 1.807) is 12.0 Å². The molecule has 0 radical (unpaired) electrons. The number of ether oxygens (including phenoxy) is 1. The van der Waals surface area contributed by atoms with Crippen molar-refractivity contribution >= 4 is 30.0 Å². The van der Waals surface area contributed by atoms with Crippen molar-refractivity contribution < 1.29 is 18.8 Å². The van der Waals surface area contributed by atoms with E-state index in [2.05, 4.69) is 26.1 Å². The van der Waals surface area contributed by atoms with E-state index in [1.165, 1.54) is 0 Å². The van der Waals surface area contributed by atoms with Crippen molar-refractivity contribution in [2.24, 2.45) is 0 Å². The van der Waals surface area contributed by atoms with Gasteiger partial charge in [-0.05, 0) is 62.8 Å². The van der Waals surface area contributed by atoms with Crippen LogP contribution in [0.4, 0.5) is 16.2 Å². The van der Waals surface area contributed by atoms with Crippen LogP contribution in [-0.4, -0.2) is 39.0 Å². The number of rotatable bonds is 8. The third-order valence-electron chi connectivity index (χ3n) is 5.46. The van der Waals surface area contributed by atoms with Gasteiger partial charge in [0.25, 0.3) is 0 Å². The molecule has 2 aromatic rings. The number of fused-ring (bicyclic) bond motifs is 1. The van der Waals surface area contributed by atoms with Crippen molar-refractivity contribution in [2.75, 3.05) is 30.5 Å². The lowest BCUT2D eigenvalue weighted by atomic mass is 9.77. The van der Waals surface area contributed by atoms with E-state index in [9.17, 15) is 4.79 Å². The van der Waals surface area contributed by atoms with Crippen molar-refractivity contribution in [2.45, 2.75) is 46.1 Å². The van der Waals surface area contributed by atoms with Gasteiger partial charge in [-0.3, -0.25) is 4.90 Å². The second-order valence-electron chi connectivity index (χ2n) is 7.97. The zero-order chi connectivity index (χ0) is 21.7. The molecule has 0 saturated heterocycles. The van der Waals surface area contributed by atoms with Gasteiger partial charge < -0.3 is 19.4 Å². The summed E-state index contributed by atoms with van der Waals surface area (Å²) >= 11 is 0. The van der Waals surface area contributed by atoms with Crippen molar-refractivity contribution in [1.82, 2.24) is 0 Å². The highest BCUT2D eigenvalue weighted by Gasteiger charge is 2.29. The Hall–Kier alpha value is -2.51. The van der Waals surface area contributed by atoms with E-state index < -0.39 is 7.12 Å². The lowest BCUT2D eigenvalue weighted by Crippen LogP contribution is -2.43. The van der Waals surface area contributed by atoms with Gasteiger partial charge in [-0.25, -0.2) is 4.79 Å². The Morgan fingerprint density at radius 1 is 1.17 bits per heavy atom. The molecule has 6 nitrogen and oxygen atoms in total. The van der Waals surface area contributed by atoms with Gasteiger partial charge in [0, 0.05) is 30.5 Å². The van der Waals surface area contributed by atoms with Gasteiger partial charge in [-0.2, -0.15) is 0 Å². The number of carbonyl (C=O) groups excluding carboxylic acids is 1. The van der Waals surface area contributed by atoms with Crippen LogP contribution in [0.25, 0.3) is 0 Å². The van der Waals surface area contributed by atoms with Crippen LogP contribution in [0.1, 0.15) is 39.7 Å². The number of urea groups is 1. The number of anilines is 2. The summed E-state index contributed by atoms with van der Waals surface area (Å²) in [6.45, 7) is 9.35. The van der Waals surface area contributed by atoms with Gasteiger partial charge >= 0.3 is 13.1 Å². The summed E-state index contributed by atoms with van der Waals surface area (Å²) in [6, 6.07) is 13.3. The summed E-state index contributed by atoms with van der Waals surface area (Å²) in [5, 5.41) is 2.98. The summed E-state index contributed by atoms with van der Waals surface area (Å²) in [7, 11) is 1.19. The third-order valence-corrected chi connectivity index (χ3v) is 5.46. The molecular formula is C23H31BN2O4. The quantitative estimate of drug-likeness (QED) is 0.662. The molecule has 7 heteroatoms. The highest BCUT2D eigenvalue weighted by Crippen LogP contribution is 2.32. The summed E-state index contributed by atoms with van der Waals surface area (Å²) in [5.74, 6) is 0.745. The molecule has 0 saturated carbocycles. The molecular weight excluding hydrogens is 379 g/mol. The fourth-order valence-electron chi connectivity index (χ4n) is 3.33. The van der Waals surface area contributed by atoms with Crippen LogP contribution in [0.5, 0.6) is 5.75 Å². The first kappa shape index (κ1) is 22.2. The molecule has 1 aliphatic rings. The predicted octanol–water partition coefficient (Wildman–Crippen LogP) is 4.23. The standard InChI is InChI=1S/C23H31BN2O4/c1-6-23(3,4)30-24(29-7-2)18-9-11-19(12-10-18)25-22(27)26-15-14-17-8-13-20(28-5)16-21(17)26/h8-13,16H,6-7,14-15H2,1-5H3,(H,25,27). The molecule has 0 aromatic heterocycles. The molecule has 0 unspecified atom stereocenters. The molecule has 0 aliphatic carbocycles. The van der Waals surface area contributed by atoms with Gasteiger partial charge in [0.1, 0.15) is 5.75 Å². The second-order valence-corrected chi connectivity index (χ2v) is 7.97. The molecule has 1 N–H and O–H groups in total. The van der Waals surface area contributed by atoms with Crippen molar-refractivity contribution in [3.05, 3.63) is 48.0 Å².